The molecule has 0 saturated carbocycles. The molecule has 19 heavy (non-hydrogen) atoms. The van der Waals surface area contributed by atoms with Crippen LogP contribution >= 0.6 is 0 Å². The van der Waals surface area contributed by atoms with Crippen molar-refractivity contribution in [3.05, 3.63) is 35.7 Å². The Morgan fingerprint density at radius 2 is 2.05 bits per heavy atom. The predicted molar refractivity (Wildman–Crippen MR) is 75.9 cm³/mol. The summed E-state index contributed by atoms with van der Waals surface area (Å²) in [7, 11) is 0. The molecule has 1 aromatic rings. The number of nitrogens with zero attached hydrogens (tertiary/aromatic N) is 1. The lowest BCUT2D eigenvalue weighted by Gasteiger charge is -2.20. The van der Waals surface area contributed by atoms with Gasteiger partial charge in [0.1, 0.15) is 11.9 Å². The van der Waals surface area contributed by atoms with Gasteiger partial charge in [-0.15, -0.1) is 0 Å². The molecule has 0 radical (unpaired) electrons. The molecule has 1 rings (SSSR count). The van der Waals surface area contributed by atoms with Crippen molar-refractivity contribution >= 4 is 24.5 Å². The van der Waals surface area contributed by atoms with Crippen molar-refractivity contribution in [3.63, 3.8) is 0 Å². The van der Waals surface area contributed by atoms with Crippen molar-refractivity contribution < 1.29 is 14.3 Å². The van der Waals surface area contributed by atoms with Crippen LogP contribution < -0.4 is 0 Å². The topological polar surface area (TPSA) is 48.3 Å². The number of aldehydes is 1. The average molecular weight is 261 g/mol. The third kappa shape index (κ3) is 3.95. The van der Waals surface area contributed by atoms with E-state index < -0.39 is 11.7 Å². The highest BCUT2D eigenvalue weighted by molar-refractivity contribution is 5.85. The number of aromatic nitrogens is 1. The summed E-state index contributed by atoms with van der Waals surface area (Å²) >= 11 is 0. The van der Waals surface area contributed by atoms with Crippen LogP contribution in [0, 0.1) is 0 Å². The van der Waals surface area contributed by atoms with Gasteiger partial charge >= 0.3 is 6.09 Å². The highest BCUT2D eigenvalue weighted by Gasteiger charge is 2.20. The second kappa shape index (κ2) is 5.69. The molecule has 0 unspecified atom stereocenters. The first kappa shape index (κ1) is 15.0. The minimum Gasteiger partial charge on any atom is -0.443 e. The quantitative estimate of drug-likeness (QED) is 0.618. The third-order valence-electron chi connectivity index (χ3n) is 2.32. The molecule has 0 aliphatic heterocycles. The number of rotatable bonds is 3. The first-order valence-electron chi connectivity index (χ1n) is 5.99. The fraction of sp³-hybridized carbons (Fsp3) is 0.333. The van der Waals surface area contributed by atoms with E-state index in [0.29, 0.717) is 11.3 Å². The lowest BCUT2D eigenvalue weighted by atomic mass is 10.2. The van der Waals surface area contributed by atoms with Crippen molar-refractivity contribution in [2.45, 2.75) is 33.3 Å². The fourth-order valence-electron chi connectivity index (χ4n) is 1.51. The zero-order valence-electron chi connectivity index (χ0n) is 11.8. The van der Waals surface area contributed by atoms with Crippen LogP contribution in [0.4, 0.5) is 4.79 Å². The van der Waals surface area contributed by atoms with Crippen molar-refractivity contribution in [1.29, 1.82) is 0 Å². The second-order valence-electron chi connectivity index (χ2n) is 5.22. The maximum Gasteiger partial charge on any atom is 0.418 e. The molecule has 0 N–H and O–H groups in total. The van der Waals surface area contributed by atoms with E-state index in [-0.39, 0.29) is 0 Å². The number of hydrogen-bond donors (Lipinski definition) is 0. The first-order valence-corrected chi connectivity index (χ1v) is 5.99. The zero-order valence-corrected chi connectivity index (χ0v) is 11.8. The summed E-state index contributed by atoms with van der Waals surface area (Å²) in [5.74, 6) is 0. The maximum absolute atomic E-state index is 12.1. The lowest BCUT2D eigenvalue weighted by Crippen LogP contribution is -2.27. The maximum atomic E-state index is 12.1. The largest absolute Gasteiger partial charge is 0.443 e. The summed E-state index contributed by atoms with van der Waals surface area (Å²) < 4.78 is 6.68. The Morgan fingerprint density at radius 1 is 1.42 bits per heavy atom. The molecular weight excluding hydrogens is 242 g/mol. The van der Waals surface area contributed by atoms with Gasteiger partial charge in [-0.2, -0.15) is 0 Å². The van der Waals surface area contributed by atoms with E-state index in [9.17, 15) is 9.59 Å². The Bertz CT molecular complexity index is 530. The minimum absolute atomic E-state index is 0.481. The van der Waals surface area contributed by atoms with Crippen molar-refractivity contribution in [2.24, 2.45) is 0 Å². The average Bonchev–Trinajstić information content (AvgIpc) is 2.69. The van der Waals surface area contributed by atoms with E-state index in [2.05, 4.69) is 6.58 Å². The smallest absolute Gasteiger partial charge is 0.418 e. The Kier molecular flexibility index (Phi) is 4.48. The normalized spacial score (nSPS) is 12.1. The number of hydrogen-bond acceptors (Lipinski definition) is 3. The van der Waals surface area contributed by atoms with Crippen molar-refractivity contribution in [2.75, 3.05) is 0 Å². The Balaban J connectivity index is 3.22. The molecule has 0 bridgehead atoms. The predicted octanol–water partition coefficient (Wildman–Crippen LogP) is 3.52. The Morgan fingerprint density at radius 3 is 2.53 bits per heavy atom. The molecule has 1 aromatic heterocycles. The standard InChI is InChI=1S/C15H19NO3/c1-6-12-7-8-16(13(12)9-11(2)10-17)14(18)19-15(3,4)5/h6-10H,1H2,2-5H3/b11-9+. The van der Waals surface area contributed by atoms with Crippen LogP contribution in [0.2, 0.25) is 0 Å². The summed E-state index contributed by atoms with van der Waals surface area (Å²) in [5, 5.41) is 0. The monoisotopic (exact) mass is 261 g/mol. The van der Waals surface area contributed by atoms with Crippen LogP contribution in [0.15, 0.2) is 24.4 Å². The number of carbonyl (C=O) groups is 2. The second-order valence-corrected chi connectivity index (χ2v) is 5.22. The molecule has 0 spiro atoms. The van der Waals surface area contributed by atoms with Crippen LogP contribution in [-0.4, -0.2) is 22.5 Å². The summed E-state index contributed by atoms with van der Waals surface area (Å²) in [6.07, 6.45) is 5.12. The van der Waals surface area contributed by atoms with Gasteiger partial charge in [-0.1, -0.05) is 12.7 Å². The van der Waals surface area contributed by atoms with Gasteiger partial charge in [-0.05, 0) is 51.0 Å². The van der Waals surface area contributed by atoms with E-state index in [1.165, 1.54) is 4.57 Å². The number of carbonyl (C=O) groups excluding carboxylic acids is 2. The van der Waals surface area contributed by atoms with E-state index in [0.717, 1.165) is 11.8 Å². The van der Waals surface area contributed by atoms with Gasteiger partial charge < -0.3 is 4.74 Å². The van der Waals surface area contributed by atoms with Crippen molar-refractivity contribution in [3.8, 4) is 0 Å². The van der Waals surface area contributed by atoms with Gasteiger partial charge in [-0.25, -0.2) is 4.79 Å². The van der Waals surface area contributed by atoms with E-state index in [4.69, 9.17) is 4.74 Å². The summed E-state index contributed by atoms with van der Waals surface area (Å²) in [6, 6.07) is 1.75. The summed E-state index contributed by atoms with van der Waals surface area (Å²) in [5.41, 5.74) is 1.31. The van der Waals surface area contributed by atoms with Gasteiger partial charge in [0.25, 0.3) is 0 Å². The van der Waals surface area contributed by atoms with Gasteiger partial charge in [0, 0.05) is 6.20 Å². The van der Waals surface area contributed by atoms with Crippen LogP contribution in [0.5, 0.6) is 0 Å². The van der Waals surface area contributed by atoms with Crippen LogP contribution in [-0.2, 0) is 9.53 Å². The Hall–Kier alpha value is -2.10. The summed E-state index contributed by atoms with van der Waals surface area (Å²) in [4.78, 5) is 22.8. The first-order chi connectivity index (χ1) is 8.78. The molecule has 0 fully saturated rings. The molecule has 0 saturated heterocycles. The SMILES string of the molecule is C=Cc1ccn(C(=O)OC(C)(C)C)c1/C=C(\C)C=O. The molecule has 4 nitrogen and oxygen atoms in total. The summed E-state index contributed by atoms with van der Waals surface area (Å²) in [6.45, 7) is 10.8. The molecule has 0 atom stereocenters. The third-order valence-corrected chi connectivity index (χ3v) is 2.32. The molecule has 102 valence electrons. The Labute approximate surface area is 113 Å². The highest BCUT2D eigenvalue weighted by atomic mass is 16.6. The van der Waals surface area contributed by atoms with Crippen molar-refractivity contribution in [1.82, 2.24) is 4.57 Å². The van der Waals surface area contributed by atoms with Crippen LogP contribution in [0.1, 0.15) is 39.0 Å². The minimum atomic E-state index is -0.573. The van der Waals surface area contributed by atoms with E-state index in [1.54, 1.807) is 52.1 Å². The molecule has 0 amide bonds. The molecule has 4 heteroatoms. The molecular formula is C15H19NO3. The molecule has 0 aliphatic rings. The van der Waals surface area contributed by atoms with Gasteiger partial charge in [0.2, 0.25) is 0 Å². The molecule has 0 aromatic carbocycles. The van der Waals surface area contributed by atoms with Crippen LogP contribution in [0.25, 0.3) is 12.2 Å². The molecule has 1 heterocycles. The van der Waals surface area contributed by atoms with Gasteiger partial charge in [-0.3, -0.25) is 9.36 Å². The number of ether oxygens (including phenoxy) is 1. The fourth-order valence-corrected chi connectivity index (χ4v) is 1.51. The number of allylic oxidation sites excluding steroid dienone is 1. The van der Waals surface area contributed by atoms with Crippen LogP contribution in [0.3, 0.4) is 0 Å². The zero-order chi connectivity index (χ0) is 14.6. The van der Waals surface area contributed by atoms with Gasteiger partial charge in [0.05, 0.1) is 5.69 Å². The van der Waals surface area contributed by atoms with E-state index >= 15 is 0 Å². The molecule has 0 aliphatic carbocycles. The van der Waals surface area contributed by atoms with Gasteiger partial charge in [0.15, 0.2) is 0 Å². The highest BCUT2D eigenvalue weighted by Crippen LogP contribution is 2.18. The lowest BCUT2D eigenvalue weighted by molar-refractivity contribution is -0.104. The van der Waals surface area contributed by atoms with E-state index in [1.807, 2.05) is 0 Å².